The van der Waals surface area contributed by atoms with Crippen LogP contribution in [0.1, 0.15) is 42.7 Å². The molecular formula is C27H24N2O2. The number of nitrogens with zero attached hydrogens (tertiary/aromatic N) is 2. The van der Waals surface area contributed by atoms with Crippen molar-refractivity contribution in [1.82, 2.24) is 4.90 Å². The lowest BCUT2D eigenvalue weighted by Crippen LogP contribution is -2.54. The van der Waals surface area contributed by atoms with Gasteiger partial charge in [0.1, 0.15) is 11.4 Å². The molecule has 2 aliphatic carbocycles. The second-order valence-electron chi connectivity index (χ2n) is 8.86. The summed E-state index contributed by atoms with van der Waals surface area (Å²) in [5.41, 5.74) is 4.84. The normalized spacial score (nSPS) is 28.8. The number of hydrogen-bond acceptors (Lipinski definition) is 4. The van der Waals surface area contributed by atoms with Gasteiger partial charge in [-0.1, -0.05) is 42.8 Å². The van der Waals surface area contributed by atoms with Gasteiger partial charge in [0.05, 0.1) is 11.4 Å². The van der Waals surface area contributed by atoms with Gasteiger partial charge in [-0.15, -0.1) is 0 Å². The minimum Gasteiger partial charge on any atom is -0.508 e. The van der Waals surface area contributed by atoms with E-state index in [9.17, 15) is 9.90 Å². The molecule has 0 saturated heterocycles. The number of carbonyl (C=O) groups excluding carboxylic acids is 1. The first-order valence-electron chi connectivity index (χ1n) is 11.1. The Hall–Kier alpha value is -3.40. The van der Waals surface area contributed by atoms with Crippen LogP contribution in [0.15, 0.2) is 89.6 Å². The van der Waals surface area contributed by atoms with Gasteiger partial charge in [0, 0.05) is 23.6 Å². The molecule has 1 N–H and O–H groups in total. The number of rotatable bonds is 2. The summed E-state index contributed by atoms with van der Waals surface area (Å²) >= 11 is 0. The van der Waals surface area contributed by atoms with E-state index in [2.05, 4.69) is 41.3 Å². The van der Waals surface area contributed by atoms with Crippen molar-refractivity contribution in [2.75, 3.05) is 0 Å². The Bertz CT molecular complexity index is 1170. The third kappa shape index (κ3) is 2.74. The zero-order chi connectivity index (χ0) is 21.0. The highest BCUT2D eigenvalue weighted by atomic mass is 16.3. The predicted octanol–water partition coefficient (Wildman–Crippen LogP) is 5.20. The summed E-state index contributed by atoms with van der Waals surface area (Å²) in [6.45, 7) is 0. The second kappa shape index (κ2) is 6.81. The lowest BCUT2D eigenvalue weighted by Gasteiger charge is -2.53. The molecule has 4 nitrogen and oxygen atoms in total. The third-order valence-electron chi connectivity index (χ3n) is 7.15. The van der Waals surface area contributed by atoms with Crippen LogP contribution in [0.3, 0.4) is 0 Å². The number of allylic oxidation sites excluding steroid dienone is 4. The SMILES string of the molecule is O=C1C=CC2=N[C@]34CCCC[C@H]3[C@H](c3ccccc3)C=C(c3ccc(O)cc3)N4C2=C1. The van der Waals surface area contributed by atoms with Crippen molar-refractivity contribution < 1.29 is 9.90 Å². The Morgan fingerprint density at radius 3 is 2.58 bits per heavy atom. The first-order chi connectivity index (χ1) is 15.2. The van der Waals surface area contributed by atoms with Crippen LogP contribution in [0.2, 0.25) is 0 Å². The monoisotopic (exact) mass is 408 g/mol. The third-order valence-corrected chi connectivity index (χ3v) is 7.15. The van der Waals surface area contributed by atoms with E-state index in [1.807, 2.05) is 18.2 Å². The Morgan fingerprint density at radius 1 is 0.968 bits per heavy atom. The molecule has 154 valence electrons. The van der Waals surface area contributed by atoms with Gasteiger partial charge < -0.3 is 10.0 Å². The van der Waals surface area contributed by atoms with E-state index in [0.29, 0.717) is 5.92 Å². The van der Waals surface area contributed by atoms with Crippen LogP contribution in [0.25, 0.3) is 5.70 Å². The standard InChI is InChI=1S/C27H24N2O2/c30-20-11-9-19(10-12-20)25-17-22(18-6-2-1-3-7-18)23-8-4-5-15-27(23)28-24-14-13-21(31)16-26(24)29(25)27/h1-3,6-7,9-14,16-17,22-23,30H,4-5,8,15H2/t22-,23-,27-/m0/s1. The average Bonchev–Trinajstić information content (AvgIpc) is 3.12. The van der Waals surface area contributed by atoms with E-state index in [4.69, 9.17) is 4.99 Å². The summed E-state index contributed by atoms with van der Waals surface area (Å²) in [7, 11) is 0. The number of fused-ring (bicyclic) bond motifs is 2. The van der Waals surface area contributed by atoms with Crippen LogP contribution in [-0.4, -0.2) is 27.2 Å². The van der Waals surface area contributed by atoms with E-state index in [1.165, 1.54) is 12.0 Å². The van der Waals surface area contributed by atoms with Crippen LogP contribution in [0, 0.1) is 5.92 Å². The maximum atomic E-state index is 12.3. The highest BCUT2D eigenvalue weighted by molar-refractivity contribution is 6.21. The molecule has 4 heteroatoms. The zero-order valence-electron chi connectivity index (χ0n) is 17.2. The minimum absolute atomic E-state index is 0.00796. The molecular weight excluding hydrogens is 384 g/mol. The highest BCUT2D eigenvalue weighted by Crippen LogP contribution is 2.57. The highest BCUT2D eigenvalue weighted by Gasteiger charge is 2.56. The van der Waals surface area contributed by atoms with Crippen LogP contribution in [-0.2, 0) is 4.79 Å². The van der Waals surface area contributed by atoms with Crippen molar-refractivity contribution >= 4 is 17.2 Å². The Kier molecular flexibility index (Phi) is 4.04. The van der Waals surface area contributed by atoms with E-state index in [0.717, 1.165) is 41.9 Å². The first-order valence-corrected chi connectivity index (χ1v) is 11.1. The molecule has 0 aromatic heterocycles. The van der Waals surface area contributed by atoms with Crippen LogP contribution in [0.4, 0.5) is 0 Å². The predicted molar refractivity (Wildman–Crippen MR) is 121 cm³/mol. The van der Waals surface area contributed by atoms with Gasteiger partial charge in [-0.25, -0.2) is 0 Å². The summed E-state index contributed by atoms with van der Waals surface area (Å²) in [6.07, 6.45) is 12.0. The number of aromatic hydroxyl groups is 1. The lowest BCUT2D eigenvalue weighted by atomic mass is 9.66. The summed E-state index contributed by atoms with van der Waals surface area (Å²) in [5, 5.41) is 9.86. The largest absolute Gasteiger partial charge is 0.508 e. The molecule has 6 rings (SSSR count). The van der Waals surface area contributed by atoms with Crippen molar-refractivity contribution in [2.24, 2.45) is 10.9 Å². The van der Waals surface area contributed by atoms with Crippen LogP contribution in [0.5, 0.6) is 5.75 Å². The number of benzene rings is 2. The molecule has 1 fully saturated rings. The molecule has 2 aromatic carbocycles. The van der Waals surface area contributed by atoms with Gasteiger partial charge in [0.15, 0.2) is 5.78 Å². The van der Waals surface area contributed by atoms with Gasteiger partial charge in [0.2, 0.25) is 0 Å². The molecule has 3 atom stereocenters. The van der Waals surface area contributed by atoms with Crippen molar-refractivity contribution in [3.05, 3.63) is 95.7 Å². The van der Waals surface area contributed by atoms with Crippen LogP contribution >= 0.6 is 0 Å². The van der Waals surface area contributed by atoms with Gasteiger partial charge in [-0.3, -0.25) is 9.79 Å². The second-order valence-corrected chi connectivity index (χ2v) is 8.86. The summed E-state index contributed by atoms with van der Waals surface area (Å²) in [5.74, 6) is 0.838. The number of ketones is 1. The van der Waals surface area contributed by atoms with Crippen molar-refractivity contribution in [3.8, 4) is 5.75 Å². The van der Waals surface area contributed by atoms with Gasteiger partial charge in [-0.2, -0.15) is 0 Å². The lowest BCUT2D eigenvalue weighted by molar-refractivity contribution is -0.110. The number of aliphatic imine (C=N–C) groups is 1. The van der Waals surface area contributed by atoms with E-state index in [1.54, 1.807) is 24.3 Å². The summed E-state index contributed by atoms with van der Waals surface area (Å²) in [4.78, 5) is 20.0. The Labute approximate surface area is 181 Å². The van der Waals surface area contributed by atoms with Crippen molar-refractivity contribution in [1.29, 1.82) is 0 Å². The molecule has 1 spiro atoms. The quantitative estimate of drug-likeness (QED) is 0.695. The maximum Gasteiger partial charge on any atom is 0.180 e. The molecule has 0 radical (unpaired) electrons. The number of hydrogen-bond donors (Lipinski definition) is 1. The van der Waals surface area contributed by atoms with E-state index >= 15 is 0 Å². The molecule has 1 saturated carbocycles. The Balaban J connectivity index is 1.61. The summed E-state index contributed by atoms with van der Waals surface area (Å²) in [6, 6.07) is 18.1. The van der Waals surface area contributed by atoms with Gasteiger partial charge >= 0.3 is 0 Å². The molecule has 0 amide bonds. The molecule has 2 aromatic rings. The maximum absolute atomic E-state index is 12.3. The summed E-state index contributed by atoms with van der Waals surface area (Å²) < 4.78 is 0. The molecule has 4 aliphatic rings. The number of phenols is 1. The van der Waals surface area contributed by atoms with Gasteiger partial charge in [-0.05, 0) is 66.8 Å². The zero-order valence-corrected chi connectivity index (χ0v) is 17.2. The first kappa shape index (κ1) is 18.4. The van der Waals surface area contributed by atoms with E-state index < -0.39 is 0 Å². The molecule has 2 heterocycles. The van der Waals surface area contributed by atoms with Gasteiger partial charge in [0.25, 0.3) is 0 Å². The van der Waals surface area contributed by atoms with E-state index in [-0.39, 0.29) is 23.1 Å². The average molecular weight is 409 g/mol. The fourth-order valence-corrected chi connectivity index (χ4v) is 5.85. The molecule has 31 heavy (non-hydrogen) atoms. The molecule has 2 aliphatic heterocycles. The minimum atomic E-state index is -0.378. The van der Waals surface area contributed by atoms with Crippen molar-refractivity contribution in [3.63, 3.8) is 0 Å². The fourth-order valence-electron chi connectivity index (χ4n) is 5.85. The molecule has 0 bridgehead atoms. The fraction of sp³-hybridized carbons (Fsp3) is 0.259. The van der Waals surface area contributed by atoms with Crippen LogP contribution < -0.4 is 0 Å². The number of carbonyl (C=O) groups is 1. The smallest absolute Gasteiger partial charge is 0.180 e. The number of phenolic OH excluding ortho intramolecular Hbond substituents is 1. The topological polar surface area (TPSA) is 52.9 Å². The Morgan fingerprint density at radius 2 is 1.77 bits per heavy atom. The molecule has 0 unspecified atom stereocenters. The van der Waals surface area contributed by atoms with Crippen molar-refractivity contribution in [2.45, 2.75) is 37.3 Å².